The van der Waals surface area contributed by atoms with Crippen LogP contribution in [0.25, 0.3) is 17.4 Å². The van der Waals surface area contributed by atoms with Crippen LogP contribution < -0.4 is 10.6 Å². The van der Waals surface area contributed by atoms with Gasteiger partial charge in [-0.25, -0.2) is 4.39 Å². The SMILES string of the molecule is O=C(/C=C/c1ccc(-c2cc(Cl)cc(Cl)c2)o1)NC(=S)Nc1ccccc1F. The summed E-state index contributed by atoms with van der Waals surface area (Å²) < 4.78 is 19.2. The third-order valence-corrected chi connectivity index (χ3v) is 4.17. The standard InChI is InChI=1S/C20H13Cl2FN2O2S/c21-13-9-12(10-14(22)11-13)18-7-5-15(27-18)6-8-19(26)25-20(28)24-17-4-2-1-3-16(17)23/h1-11H,(H2,24,25,26,28)/b8-6+. The maximum absolute atomic E-state index is 13.6. The van der Waals surface area contributed by atoms with E-state index >= 15 is 0 Å². The Morgan fingerprint density at radius 2 is 1.79 bits per heavy atom. The van der Waals surface area contributed by atoms with Crippen molar-refractivity contribution in [2.45, 2.75) is 0 Å². The Morgan fingerprint density at radius 3 is 2.50 bits per heavy atom. The van der Waals surface area contributed by atoms with Crippen LogP contribution in [0.4, 0.5) is 10.1 Å². The minimum Gasteiger partial charge on any atom is -0.457 e. The van der Waals surface area contributed by atoms with E-state index in [0.29, 0.717) is 21.6 Å². The predicted octanol–water partition coefficient (Wildman–Crippen LogP) is 5.92. The number of furan rings is 1. The number of thiocarbonyl (C=S) groups is 1. The largest absolute Gasteiger partial charge is 0.457 e. The summed E-state index contributed by atoms with van der Waals surface area (Å²) in [5, 5.41) is 6.01. The van der Waals surface area contributed by atoms with Crippen molar-refractivity contribution in [1.29, 1.82) is 0 Å². The van der Waals surface area contributed by atoms with Gasteiger partial charge in [-0.3, -0.25) is 10.1 Å². The first kappa shape index (κ1) is 20.1. The van der Waals surface area contributed by atoms with Gasteiger partial charge in [0.25, 0.3) is 0 Å². The molecule has 0 bridgehead atoms. The molecule has 142 valence electrons. The van der Waals surface area contributed by atoms with Crippen LogP contribution in [0.3, 0.4) is 0 Å². The highest BCUT2D eigenvalue weighted by molar-refractivity contribution is 7.80. The van der Waals surface area contributed by atoms with E-state index in [4.69, 9.17) is 39.8 Å². The van der Waals surface area contributed by atoms with Gasteiger partial charge in [-0.05, 0) is 60.8 Å². The average Bonchev–Trinajstić information content (AvgIpc) is 3.10. The highest BCUT2D eigenvalue weighted by atomic mass is 35.5. The van der Waals surface area contributed by atoms with Crippen molar-refractivity contribution in [3.63, 3.8) is 0 Å². The number of carbonyl (C=O) groups is 1. The lowest BCUT2D eigenvalue weighted by Crippen LogP contribution is -2.33. The lowest BCUT2D eigenvalue weighted by atomic mass is 10.2. The van der Waals surface area contributed by atoms with Gasteiger partial charge in [0.15, 0.2) is 5.11 Å². The normalized spacial score (nSPS) is 10.8. The fraction of sp³-hybridized carbons (Fsp3) is 0. The van der Waals surface area contributed by atoms with Crippen LogP contribution in [0.5, 0.6) is 0 Å². The lowest BCUT2D eigenvalue weighted by molar-refractivity contribution is -0.115. The third-order valence-electron chi connectivity index (χ3n) is 3.53. The number of benzene rings is 2. The smallest absolute Gasteiger partial charge is 0.250 e. The molecule has 3 aromatic rings. The van der Waals surface area contributed by atoms with Gasteiger partial charge in [0.2, 0.25) is 5.91 Å². The third kappa shape index (κ3) is 5.42. The van der Waals surface area contributed by atoms with Crippen molar-refractivity contribution in [3.8, 4) is 11.3 Å². The Kier molecular flexibility index (Phi) is 6.46. The molecular formula is C20H13Cl2FN2O2S. The molecule has 3 rings (SSSR count). The van der Waals surface area contributed by atoms with E-state index in [1.165, 1.54) is 24.3 Å². The Morgan fingerprint density at radius 1 is 1.07 bits per heavy atom. The topological polar surface area (TPSA) is 54.3 Å². The second-order valence-electron chi connectivity index (χ2n) is 5.62. The van der Waals surface area contributed by atoms with E-state index in [2.05, 4.69) is 10.6 Å². The van der Waals surface area contributed by atoms with Crippen LogP contribution in [-0.2, 0) is 4.79 Å². The molecule has 0 radical (unpaired) electrons. The molecule has 2 N–H and O–H groups in total. The van der Waals surface area contributed by atoms with Crippen LogP contribution in [-0.4, -0.2) is 11.0 Å². The van der Waals surface area contributed by atoms with Crippen molar-refractivity contribution in [3.05, 3.63) is 82.3 Å². The maximum Gasteiger partial charge on any atom is 0.250 e. The second kappa shape index (κ2) is 9.01. The van der Waals surface area contributed by atoms with Crippen LogP contribution in [0.15, 0.2) is 65.1 Å². The zero-order chi connectivity index (χ0) is 20.1. The van der Waals surface area contributed by atoms with E-state index in [0.717, 1.165) is 5.56 Å². The Labute approximate surface area is 176 Å². The number of para-hydroxylation sites is 1. The molecule has 0 saturated carbocycles. The number of nitrogens with one attached hydrogen (secondary N) is 2. The van der Waals surface area contributed by atoms with Crippen molar-refractivity contribution in [2.75, 3.05) is 5.32 Å². The molecule has 0 saturated heterocycles. The van der Waals surface area contributed by atoms with Gasteiger partial charge >= 0.3 is 0 Å². The molecule has 2 aromatic carbocycles. The van der Waals surface area contributed by atoms with E-state index in [-0.39, 0.29) is 10.8 Å². The fourth-order valence-corrected chi connectivity index (χ4v) is 3.06. The molecule has 0 spiro atoms. The molecule has 28 heavy (non-hydrogen) atoms. The number of anilines is 1. The summed E-state index contributed by atoms with van der Waals surface area (Å²) in [5.41, 5.74) is 0.893. The fourth-order valence-electron chi connectivity index (χ4n) is 2.32. The molecule has 0 aliphatic carbocycles. The van der Waals surface area contributed by atoms with Crippen LogP contribution in [0.2, 0.25) is 10.0 Å². The number of halogens is 3. The van der Waals surface area contributed by atoms with Crippen molar-refractivity contribution in [1.82, 2.24) is 5.32 Å². The van der Waals surface area contributed by atoms with Crippen molar-refractivity contribution >= 4 is 58.2 Å². The van der Waals surface area contributed by atoms with E-state index in [1.807, 2.05) is 0 Å². The molecule has 0 aliphatic rings. The van der Waals surface area contributed by atoms with E-state index in [1.54, 1.807) is 42.5 Å². The quantitative estimate of drug-likeness (QED) is 0.395. The van der Waals surface area contributed by atoms with Crippen molar-refractivity contribution < 1.29 is 13.6 Å². The van der Waals surface area contributed by atoms with Crippen LogP contribution >= 0.6 is 35.4 Å². The lowest BCUT2D eigenvalue weighted by Gasteiger charge is -2.08. The molecule has 0 aliphatic heterocycles. The zero-order valence-corrected chi connectivity index (χ0v) is 16.5. The second-order valence-corrected chi connectivity index (χ2v) is 6.90. The predicted molar refractivity (Wildman–Crippen MR) is 114 cm³/mol. The molecule has 0 atom stereocenters. The Hall–Kier alpha value is -2.67. The first-order valence-corrected chi connectivity index (χ1v) is 9.18. The molecule has 1 amide bonds. The summed E-state index contributed by atoms with van der Waals surface area (Å²) in [6.07, 6.45) is 2.74. The van der Waals surface area contributed by atoms with Gasteiger partial charge in [-0.1, -0.05) is 35.3 Å². The number of hydrogen-bond acceptors (Lipinski definition) is 3. The summed E-state index contributed by atoms with van der Waals surface area (Å²) in [6.45, 7) is 0. The van der Waals surface area contributed by atoms with Gasteiger partial charge in [0.1, 0.15) is 17.3 Å². The van der Waals surface area contributed by atoms with Crippen LogP contribution in [0.1, 0.15) is 5.76 Å². The van der Waals surface area contributed by atoms with Crippen molar-refractivity contribution in [2.24, 2.45) is 0 Å². The molecule has 0 unspecified atom stereocenters. The van der Waals surface area contributed by atoms with Crippen LogP contribution in [0, 0.1) is 5.82 Å². The number of carbonyl (C=O) groups excluding carboxylic acids is 1. The highest BCUT2D eigenvalue weighted by Crippen LogP contribution is 2.28. The molecule has 4 nitrogen and oxygen atoms in total. The van der Waals surface area contributed by atoms with Gasteiger partial charge in [-0.2, -0.15) is 0 Å². The zero-order valence-electron chi connectivity index (χ0n) is 14.2. The minimum absolute atomic E-state index is 0.0200. The number of hydrogen-bond donors (Lipinski definition) is 2. The summed E-state index contributed by atoms with van der Waals surface area (Å²) in [4.78, 5) is 12.0. The Balaban J connectivity index is 1.61. The average molecular weight is 435 g/mol. The summed E-state index contributed by atoms with van der Waals surface area (Å²) >= 11 is 17.0. The molecule has 8 heteroatoms. The highest BCUT2D eigenvalue weighted by Gasteiger charge is 2.07. The summed E-state index contributed by atoms with van der Waals surface area (Å²) in [6, 6.07) is 14.5. The maximum atomic E-state index is 13.6. The summed E-state index contributed by atoms with van der Waals surface area (Å²) in [7, 11) is 0. The minimum atomic E-state index is -0.488. The van der Waals surface area contributed by atoms with E-state index in [9.17, 15) is 9.18 Å². The van der Waals surface area contributed by atoms with Gasteiger partial charge in [-0.15, -0.1) is 0 Å². The van der Waals surface area contributed by atoms with Gasteiger partial charge in [0.05, 0.1) is 5.69 Å². The van der Waals surface area contributed by atoms with Gasteiger partial charge in [0, 0.05) is 21.7 Å². The first-order valence-electron chi connectivity index (χ1n) is 8.01. The number of amides is 1. The molecule has 1 heterocycles. The Bertz CT molecular complexity index is 1050. The number of rotatable bonds is 4. The monoisotopic (exact) mass is 434 g/mol. The van der Waals surface area contributed by atoms with E-state index < -0.39 is 11.7 Å². The summed E-state index contributed by atoms with van der Waals surface area (Å²) in [5.74, 6) is 0.0480. The molecule has 0 fully saturated rings. The molecular weight excluding hydrogens is 422 g/mol. The van der Waals surface area contributed by atoms with Gasteiger partial charge < -0.3 is 9.73 Å². The first-order chi connectivity index (χ1) is 13.4. The molecule has 1 aromatic heterocycles.